The number of rotatable bonds is 46. The van der Waals surface area contributed by atoms with Gasteiger partial charge in [-0.3, -0.25) is 14.4 Å². The monoisotopic (exact) mass is 889 g/mol. The number of ether oxygens (including phenoxy) is 3. The van der Waals surface area contributed by atoms with Crippen LogP contribution in [-0.4, -0.2) is 37.2 Å². The van der Waals surface area contributed by atoms with Gasteiger partial charge in [0.1, 0.15) is 13.2 Å². The predicted molar refractivity (Wildman–Crippen MR) is 274 cm³/mol. The lowest BCUT2D eigenvalue weighted by atomic mass is 10.1. The van der Waals surface area contributed by atoms with Crippen LogP contribution in [0.1, 0.15) is 233 Å². The van der Waals surface area contributed by atoms with Gasteiger partial charge in [-0.2, -0.15) is 0 Å². The molecule has 0 rings (SSSR count). The summed E-state index contributed by atoms with van der Waals surface area (Å²) in [6.45, 7) is 6.41. The van der Waals surface area contributed by atoms with Crippen LogP contribution in [0.25, 0.3) is 0 Å². The molecule has 0 aliphatic heterocycles. The van der Waals surface area contributed by atoms with Crippen molar-refractivity contribution >= 4 is 17.9 Å². The topological polar surface area (TPSA) is 78.9 Å². The van der Waals surface area contributed by atoms with Gasteiger partial charge in [0.2, 0.25) is 0 Å². The molecule has 64 heavy (non-hydrogen) atoms. The molecule has 0 radical (unpaired) electrons. The van der Waals surface area contributed by atoms with Crippen LogP contribution in [0.5, 0.6) is 0 Å². The van der Waals surface area contributed by atoms with Crippen LogP contribution < -0.4 is 0 Å². The second-order valence-electron chi connectivity index (χ2n) is 17.1. The minimum absolute atomic E-state index is 0.107. The molecule has 0 amide bonds. The Morgan fingerprint density at radius 3 is 1.11 bits per heavy atom. The Morgan fingerprint density at radius 2 is 0.688 bits per heavy atom. The standard InChI is InChI=1S/C58H96O6/c1-4-7-10-13-16-19-21-23-25-27-29-31-32-34-36-39-42-45-48-51-57(60)63-54-55(53-62-56(59)50-47-44-41-38-18-15-12-9-6-3)64-58(61)52-49-46-43-40-37-35-33-30-28-26-24-22-20-17-14-11-8-5-2/h7,10,16,19,23,25-26,28-31,33-34,36,42,45,55H,4-6,8-9,11-15,17-18,20-22,24,27,32,35,37-41,43-44,46-54H2,1-3H3/b10-7-,19-16-,25-23-,28-26-,31-29-,33-30-,36-34-,45-42-. The zero-order valence-corrected chi connectivity index (χ0v) is 41.5. The van der Waals surface area contributed by atoms with Gasteiger partial charge in [0.25, 0.3) is 0 Å². The fourth-order valence-corrected chi connectivity index (χ4v) is 6.93. The Balaban J connectivity index is 4.48. The van der Waals surface area contributed by atoms with E-state index in [4.69, 9.17) is 14.2 Å². The van der Waals surface area contributed by atoms with Crippen molar-refractivity contribution < 1.29 is 28.6 Å². The van der Waals surface area contributed by atoms with E-state index < -0.39 is 6.10 Å². The zero-order chi connectivity index (χ0) is 46.5. The highest BCUT2D eigenvalue weighted by atomic mass is 16.6. The Hall–Kier alpha value is -3.67. The van der Waals surface area contributed by atoms with E-state index in [1.165, 1.54) is 89.9 Å². The Morgan fingerprint density at radius 1 is 0.344 bits per heavy atom. The number of carbonyl (C=O) groups excluding carboxylic acids is 3. The minimum Gasteiger partial charge on any atom is -0.462 e. The smallest absolute Gasteiger partial charge is 0.306 e. The van der Waals surface area contributed by atoms with Crippen LogP contribution in [-0.2, 0) is 28.6 Å². The van der Waals surface area contributed by atoms with Crippen molar-refractivity contribution in [2.24, 2.45) is 0 Å². The van der Waals surface area contributed by atoms with E-state index in [0.29, 0.717) is 19.3 Å². The lowest BCUT2D eigenvalue weighted by molar-refractivity contribution is -0.166. The zero-order valence-electron chi connectivity index (χ0n) is 41.5. The summed E-state index contributed by atoms with van der Waals surface area (Å²) in [7, 11) is 0. The molecule has 0 N–H and O–H groups in total. The van der Waals surface area contributed by atoms with Crippen molar-refractivity contribution in [3.05, 3.63) is 97.2 Å². The highest BCUT2D eigenvalue weighted by Crippen LogP contribution is 2.13. The Kier molecular flexibility index (Phi) is 49.0. The molecule has 1 unspecified atom stereocenters. The SMILES string of the molecule is CC/C=C\C/C=C\C/C=C\C/C=C\C/C=C\C/C=C\CCC(=O)OCC(COC(=O)CCCCCCCCCCC)OC(=O)CCCCCCC/C=C\C=C/CCCCCCCCC. The van der Waals surface area contributed by atoms with Crippen molar-refractivity contribution in [3.8, 4) is 0 Å². The van der Waals surface area contributed by atoms with Crippen LogP contribution in [0.15, 0.2) is 97.2 Å². The second kappa shape index (κ2) is 52.0. The first kappa shape index (κ1) is 60.3. The van der Waals surface area contributed by atoms with Crippen molar-refractivity contribution in [3.63, 3.8) is 0 Å². The predicted octanol–water partition coefficient (Wildman–Crippen LogP) is 17.4. The van der Waals surface area contributed by atoms with Crippen LogP contribution in [0.2, 0.25) is 0 Å². The van der Waals surface area contributed by atoms with Crippen molar-refractivity contribution in [1.82, 2.24) is 0 Å². The first-order valence-electron chi connectivity index (χ1n) is 26.3. The van der Waals surface area contributed by atoms with Gasteiger partial charge in [-0.1, -0.05) is 227 Å². The molecule has 0 bridgehead atoms. The molecule has 0 saturated heterocycles. The van der Waals surface area contributed by atoms with Gasteiger partial charge in [-0.25, -0.2) is 0 Å². The van der Waals surface area contributed by atoms with E-state index in [9.17, 15) is 14.4 Å². The quantitative estimate of drug-likeness (QED) is 0.0199. The molecule has 0 aliphatic rings. The van der Waals surface area contributed by atoms with Crippen molar-refractivity contribution in [2.75, 3.05) is 13.2 Å². The first-order chi connectivity index (χ1) is 31.5. The van der Waals surface area contributed by atoms with E-state index in [-0.39, 0.29) is 37.5 Å². The highest BCUT2D eigenvalue weighted by molar-refractivity contribution is 5.71. The maximum atomic E-state index is 12.8. The average Bonchev–Trinajstić information content (AvgIpc) is 3.29. The van der Waals surface area contributed by atoms with Gasteiger partial charge >= 0.3 is 17.9 Å². The number of carbonyl (C=O) groups is 3. The number of hydrogen-bond acceptors (Lipinski definition) is 6. The lowest BCUT2D eigenvalue weighted by Gasteiger charge is -2.18. The van der Waals surface area contributed by atoms with Crippen molar-refractivity contribution in [1.29, 1.82) is 0 Å². The van der Waals surface area contributed by atoms with E-state index in [1.807, 2.05) is 12.2 Å². The molecule has 0 saturated carbocycles. The van der Waals surface area contributed by atoms with Gasteiger partial charge in [-0.15, -0.1) is 0 Å². The third-order valence-corrected chi connectivity index (χ3v) is 10.9. The van der Waals surface area contributed by atoms with E-state index in [0.717, 1.165) is 96.3 Å². The highest BCUT2D eigenvalue weighted by Gasteiger charge is 2.19. The molecule has 0 aromatic carbocycles. The van der Waals surface area contributed by atoms with E-state index >= 15 is 0 Å². The van der Waals surface area contributed by atoms with Gasteiger partial charge in [-0.05, 0) is 83.5 Å². The number of hydrogen-bond donors (Lipinski definition) is 0. The molecule has 0 aromatic rings. The van der Waals surface area contributed by atoms with Gasteiger partial charge in [0, 0.05) is 19.3 Å². The van der Waals surface area contributed by atoms with Crippen molar-refractivity contribution in [2.45, 2.75) is 239 Å². The van der Waals surface area contributed by atoms with Gasteiger partial charge in [0.05, 0.1) is 0 Å². The first-order valence-corrected chi connectivity index (χ1v) is 26.3. The molecule has 0 aromatic heterocycles. The molecule has 0 fully saturated rings. The molecule has 6 nitrogen and oxygen atoms in total. The Bertz CT molecular complexity index is 1300. The van der Waals surface area contributed by atoms with Crippen LogP contribution >= 0.6 is 0 Å². The largest absolute Gasteiger partial charge is 0.462 e. The number of unbranched alkanes of at least 4 members (excludes halogenated alkanes) is 20. The summed E-state index contributed by atoms with van der Waals surface area (Å²) in [6.07, 6.45) is 68.4. The van der Waals surface area contributed by atoms with Gasteiger partial charge < -0.3 is 14.2 Å². The van der Waals surface area contributed by atoms with Crippen LogP contribution in [0.3, 0.4) is 0 Å². The molecule has 0 aliphatic carbocycles. The summed E-state index contributed by atoms with van der Waals surface area (Å²) in [5.74, 6) is -1.02. The maximum absolute atomic E-state index is 12.8. The van der Waals surface area contributed by atoms with Gasteiger partial charge in [0.15, 0.2) is 6.10 Å². The molecule has 364 valence electrons. The summed E-state index contributed by atoms with van der Waals surface area (Å²) < 4.78 is 16.7. The summed E-state index contributed by atoms with van der Waals surface area (Å²) in [6, 6.07) is 0. The molecular formula is C58H96O6. The third-order valence-electron chi connectivity index (χ3n) is 10.9. The molecule has 0 heterocycles. The summed E-state index contributed by atoms with van der Waals surface area (Å²) in [5, 5.41) is 0. The van der Waals surface area contributed by atoms with Crippen LogP contribution in [0, 0.1) is 0 Å². The molecular weight excluding hydrogens is 793 g/mol. The summed E-state index contributed by atoms with van der Waals surface area (Å²) in [5.41, 5.74) is 0. The average molecular weight is 889 g/mol. The molecule has 0 spiro atoms. The molecule has 1 atom stereocenters. The lowest BCUT2D eigenvalue weighted by Crippen LogP contribution is -2.30. The third kappa shape index (κ3) is 49.3. The van der Waals surface area contributed by atoms with E-state index in [1.54, 1.807) is 0 Å². The molecule has 6 heteroatoms. The normalized spacial score (nSPS) is 12.9. The fourth-order valence-electron chi connectivity index (χ4n) is 6.93. The van der Waals surface area contributed by atoms with E-state index in [2.05, 4.69) is 106 Å². The summed E-state index contributed by atoms with van der Waals surface area (Å²) >= 11 is 0. The summed E-state index contributed by atoms with van der Waals surface area (Å²) in [4.78, 5) is 37.9. The maximum Gasteiger partial charge on any atom is 0.306 e. The minimum atomic E-state index is -0.814. The fraction of sp³-hybridized carbons (Fsp3) is 0.672. The number of allylic oxidation sites excluding steroid dienone is 16. The number of esters is 3. The second-order valence-corrected chi connectivity index (χ2v) is 17.1. The van der Waals surface area contributed by atoms with Crippen LogP contribution in [0.4, 0.5) is 0 Å². The Labute approximate surface area is 394 Å².